The van der Waals surface area contributed by atoms with Crippen molar-refractivity contribution >= 4 is 11.6 Å². The maximum atomic E-state index is 11.7. The van der Waals surface area contributed by atoms with Gasteiger partial charge >= 0.3 is 0 Å². The predicted octanol–water partition coefficient (Wildman–Crippen LogP) is 1.97. The first-order chi connectivity index (χ1) is 6.04. The van der Waals surface area contributed by atoms with E-state index in [1.165, 1.54) is 0 Å². The Morgan fingerprint density at radius 3 is 2.23 bits per heavy atom. The normalized spacial score (nSPS) is 37.9. The van der Waals surface area contributed by atoms with Crippen LogP contribution in [0, 0.1) is 17.3 Å². The summed E-state index contributed by atoms with van der Waals surface area (Å²) in [5, 5.41) is 0. The molecule has 0 aromatic rings. The number of fused-ring (bicyclic) bond motifs is 2. The highest BCUT2D eigenvalue weighted by Gasteiger charge is 2.57. The van der Waals surface area contributed by atoms with Crippen molar-refractivity contribution in [2.45, 2.75) is 39.5 Å². The lowest BCUT2D eigenvalue weighted by Crippen LogP contribution is -2.35. The quantitative estimate of drug-likeness (QED) is 0.609. The van der Waals surface area contributed by atoms with E-state index in [0.29, 0.717) is 24.7 Å². The first kappa shape index (κ1) is 8.92. The summed E-state index contributed by atoms with van der Waals surface area (Å²) in [6.45, 7) is 4.17. The van der Waals surface area contributed by atoms with Crippen LogP contribution >= 0.6 is 0 Å². The molecule has 13 heavy (non-hydrogen) atoms. The van der Waals surface area contributed by atoms with Crippen molar-refractivity contribution in [3.8, 4) is 0 Å². The van der Waals surface area contributed by atoms with Crippen LogP contribution in [-0.2, 0) is 9.59 Å². The molecule has 0 N–H and O–H groups in total. The third kappa shape index (κ3) is 1.15. The molecule has 72 valence electrons. The van der Waals surface area contributed by atoms with E-state index in [1.54, 1.807) is 0 Å². The lowest BCUT2D eigenvalue weighted by atomic mass is 9.76. The highest BCUT2D eigenvalue weighted by Crippen LogP contribution is 2.52. The van der Waals surface area contributed by atoms with Gasteiger partial charge in [0.05, 0.1) is 5.41 Å². The van der Waals surface area contributed by atoms with E-state index in [4.69, 9.17) is 0 Å². The van der Waals surface area contributed by atoms with Gasteiger partial charge in [-0.05, 0) is 24.7 Å². The van der Waals surface area contributed by atoms with Crippen molar-refractivity contribution in [3.05, 3.63) is 0 Å². The zero-order valence-electron chi connectivity index (χ0n) is 8.30. The summed E-state index contributed by atoms with van der Waals surface area (Å²) < 4.78 is 0. The van der Waals surface area contributed by atoms with E-state index < -0.39 is 5.41 Å². The number of carbonyl (C=O) groups excluding carboxylic acids is 2. The molecule has 2 heteroatoms. The van der Waals surface area contributed by atoms with Gasteiger partial charge in [-0.2, -0.15) is 0 Å². The van der Waals surface area contributed by atoms with E-state index >= 15 is 0 Å². The van der Waals surface area contributed by atoms with Gasteiger partial charge in [0.25, 0.3) is 0 Å². The van der Waals surface area contributed by atoms with Crippen LogP contribution in [0.25, 0.3) is 0 Å². The molecule has 2 aliphatic carbocycles. The molecule has 0 amide bonds. The fourth-order valence-corrected chi connectivity index (χ4v) is 3.02. The summed E-state index contributed by atoms with van der Waals surface area (Å²) in [5.41, 5.74) is -0.529. The van der Waals surface area contributed by atoms with E-state index in [1.807, 2.05) is 0 Å². The number of ketones is 2. The van der Waals surface area contributed by atoms with Crippen molar-refractivity contribution < 1.29 is 9.59 Å². The molecule has 0 unspecified atom stereocenters. The molecule has 0 radical (unpaired) electrons. The molecule has 0 aliphatic heterocycles. The molecular formula is C11H16O2. The number of Topliss-reactive ketones (excluding diaryl/α,β-unsaturated/α-hetero) is 2. The second kappa shape index (κ2) is 2.66. The molecule has 2 bridgehead atoms. The molecule has 2 aliphatic rings. The maximum absolute atomic E-state index is 11.7. The fraction of sp³-hybridized carbons (Fsp3) is 0.818. The van der Waals surface area contributed by atoms with Crippen LogP contribution in [0.2, 0.25) is 0 Å². The van der Waals surface area contributed by atoms with Crippen molar-refractivity contribution in [1.29, 1.82) is 0 Å². The second-order valence-corrected chi connectivity index (χ2v) is 5.00. The van der Waals surface area contributed by atoms with Crippen molar-refractivity contribution in [3.63, 3.8) is 0 Å². The Balaban J connectivity index is 2.27. The summed E-state index contributed by atoms with van der Waals surface area (Å²) >= 11 is 0. The molecule has 0 atom stereocenters. The molecule has 2 fully saturated rings. The Kier molecular flexibility index (Phi) is 1.83. The largest absolute Gasteiger partial charge is 0.299 e. The highest BCUT2D eigenvalue weighted by molar-refractivity contribution is 6.11. The molecule has 2 saturated carbocycles. The minimum atomic E-state index is -0.529. The molecule has 2 nitrogen and oxygen atoms in total. The van der Waals surface area contributed by atoms with Gasteiger partial charge in [0.2, 0.25) is 0 Å². The second-order valence-electron chi connectivity index (χ2n) is 5.00. The summed E-state index contributed by atoms with van der Waals surface area (Å²) in [6.07, 6.45) is 2.96. The molecule has 0 saturated heterocycles. The first-order valence-corrected chi connectivity index (χ1v) is 5.11. The summed E-state index contributed by atoms with van der Waals surface area (Å²) in [4.78, 5) is 23.4. The van der Waals surface area contributed by atoms with E-state index in [9.17, 15) is 9.59 Å². The molecular weight excluding hydrogens is 164 g/mol. The van der Waals surface area contributed by atoms with Crippen LogP contribution in [0.15, 0.2) is 0 Å². The monoisotopic (exact) mass is 180 g/mol. The third-order valence-electron chi connectivity index (χ3n) is 3.41. The van der Waals surface area contributed by atoms with E-state index in [0.717, 1.165) is 12.8 Å². The average Bonchev–Trinajstić information content (AvgIpc) is 2.40. The van der Waals surface area contributed by atoms with Gasteiger partial charge in [-0.15, -0.1) is 0 Å². The van der Waals surface area contributed by atoms with Gasteiger partial charge in [0.1, 0.15) is 11.6 Å². The van der Waals surface area contributed by atoms with Gasteiger partial charge in [-0.1, -0.05) is 13.8 Å². The summed E-state index contributed by atoms with van der Waals surface area (Å²) in [6, 6.07) is 0. The summed E-state index contributed by atoms with van der Waals surface area (Å²) in [5.74, 6) is 1.29. The van der Waals surface area contributed by atoms with Crippen molar-refractivity contribution in [2.75, 3.05) is 0 Å². The molecule has 2 rings (SSSR count). The van der Waals surface area contributed by atoms with Crippen molar-refractivity contribution in [1.82, 2.24) is 0 Å². The van der Waals surface area contributed by atoms with Gasteiger partial charge in [-0.3, -0.25) is 9.59 Å². The van der Waals surface area contributed by atoms with E-state index in [2.05, 4.69) is 13.8 Å². The zero-order chi connectivity index (χ0) is 9.64. The molecule has 0 heterocycles. The predicted molar refractivity (Wildman–Crippen MR) is 49.2 cm³/mol. The standard InChI is InChI=1S/C11H16O2/c1-7(2)5-11-6-8(3-9(11)12)4-10(11)13/h7-8H,3-6H2,1-2H3. The van der Waals surface area contributed by atoms with Crippen molar-refractivity contribution in [2.24, 2.45) is 17.3 Å². The molecule has 0 aromatic carbocycles. The van der Waals surface area contributed by atoms with Crippen LogP contribution in [-0.4, -0.2) is 11.6 Å². The van der Waals surface area contributed by atoms with Gasteiger partial charge in [0.15, 0.2) is 0 Å². The van der Waals surface area contributed by atoms with Crippen LogP contribution in [0.5, 0.6) is 0 Å². The Morgan fingerprint density at radius 2 is 1.85 bits per heavy atom. The van der Waals surface area contributed by atoms with Crippen LogP contribution < -0.4 is 0 Å². The number of hydrogen-bond acceptors (Lipinski definition) is 2. The Hall–Kier alpha value is -0.660. The Labute approximate surface area is 78.7 Å². The maximum Gasteiger partial charge on any atom is 0.146 e. The smallest absolute Gasteiger partial charge is 0.146 e. The highest BCUT2D eigenvalue weighted by atomic mass is 16.2. The Morgan fingerprint density at radius 1 is 1.31 bits per heavy atom. The third-order valence-corrected chi connectivity index (χ3v) is 3.41. The Bertz CT molecular complexity index is 247. The van der Waals surface area contributed by atoms with E-state index in [-0.39, 0.29) is 11.6 Å². The molecule has 0 spiro atoms. The number of hydrogen-bond donors (Lipinski definition) is 0. The first-order valence-electron chi connectivity index (χ1n) is 5.11. The number of rotatable bonds is 2. The summed E-state index contributed by atoms with van der Waals surface area (Å²) in [7, 11) is 0. The topological polar surface area (TPSA) is 34.1 Å². The lowest BCUT2D eigenvalue weighted by Gasteiger charge is -2.25. The van der Waals surface area contributed by atoms with Crippen LogP contribution in [0.3, 0.4) is 0 Å². The van der Waals surface area contributed by atoms with Gasteiger partial charge in [0, 0.05) is 12.8 Å². The van der Waals surface area contributed by atoms with Gasteiger partial charge in [-0.25, -0.2) is 0 Å². The number of carbonyl (C=O) groups is 2. The average molecular weight is 180 g/mol. The fourth-order valence-electron chi connectivity index (χ4n) is 3.02. The van der Waals surface area contributed by atoms with Gasteiger partial charge < -0.3 is 0 Å². The SMILES string of the molecule is CC(C)CC12CC(CC1=O)CC2=O. The minimum Gasteiger partial charge on any atom is -0.299 e. The lowest BCUT2D eigenvalue weighted by molar-refractivity contribution is -0.139. The van der Waals surface area contributed by atoms with Crippen LogP contribution in [0.1, 0.15) is 39.5 Å². The minimum absolute atomic E-state index is 0.224. The zero-order valence-corrected chi connectivity index (χ0v) is 8.30. The van der Waals surface area contributed by atoms with Crippen LogP contribution in [0.4, 0.5) is 0 Å². The molecule has 0 aromatic heterocycles.